The molecule has 1 amide bonds. The van der Waals surface area contributed by atoms with Crippen LogP contribution in [0.15, 0.2) is 49.1 Å². The number of aromatic nitrogens is 4. The number of piperidine rings is 1. The number of carbonyl (C=O) groups excluding carboxylic acids is 1. The van der Waals surface area contributed by atoms with Crippen molar-refractivity contribution in [3.8, 4) is 11.4 Å². The van der Waals surface area contributed by atoms with Crippen LogP contribution in [0, 0.1) is 11.7 Å². The minimum atomic E-state index is -0.513. The van der Waals surface area contributed by atoms with Crippen LogP contribution >= 0.6 is 11.6 Å². The first-order valence-electron chi connectivity index (χ1n) is 9.71. The molecule has 2 aliphatic rings. The van der Waals surface area contributed by atoms with Crippen molar-refractivity contribution in [1.82, 2.24) is 24.8 Å². The summed E-state index contributed by atoms with van der Waals surface area (Å²) in [5.74, 6) is 0.336. The van der Waals surface area contributed by atoms with E-state index in [2.05, 4.69) is 25.3 Å². The van der Waals surface area contributed by atoms with Gasteiger partial charge in [0, 0.05) is 25.0 Å². The van der Waals surface area contributed by atoms with Crippen LogP contribution in [-0.4, -0.2) is 49.4 Å². The zero-order chi connectivity index (χ0) is 20.7. The van der Waals surface area contributed by atoms with Gasteiger partial charge in [0.1, 0.15) is 5.82 Å². The van der Waals surface area contributed by atoms with E-state index in [0.29, 0.717) is 23.4 Å². The topological polar surface area (TPSA) is 83.9 Å². The number of hydrogen-bond donors (Lipinski definition) is 1. The Morgan fingerprint density at radius 1 is 1.10 bits per heavy atom. The molecule has 3 heterocycles. The van der Waals surface area contributed by atoms with Crippen LogP contribution in [0.4, 0.5) is 10.3 Å². The molecule has 1 aliphatic carbocycles. The zero-order valence-corrected chi connectivity index (χ0v) is 16.6. The molecule has 1 aromatic carbocycles. The molecule has 9 heteroatoms. The van der Waals surface area contributed by atoms with E-state index in [4.69, 9.17) is 11.6 Å². The summed E-state index contributed by atoms with van der Waals surface area (Å²) >= 11 is 5.86. The Bertz CT molecular complexity index is 1080. The maximum Gasteiger partial charge on any atom is 0.255 e. The van der Waals surface area contributed by atoms with Gasteiger partial charge in [-0.1, -0.05) is 17.7 Å². The molecule has 1 saturated carbocycles. The van der Waals surface area contributed by atoms with E-state index in [-0.39, 0.29) is 34.9 Å². The van der Waals surface area contributed by atoms with Gasteiger partial charge in [0.25, 0.3) is 5.91 Å². The highest BCUT2D eigenvalue weighted by Gasteiger charge is 2.47. The lowest BCUT2D eigenvalue weighted by Gasteiger charge is -2.34. The molecule has 0 unspecified atom stereocenters. The van der Waals surface area contributed by atoms with Crippen molar-refractivity contribution >= 4 is 23.5 Å². The van der Waals surface area contributed by atoms with Crippen LogP contribution in [0.3, 0.4) is 0 Å². The van der Waals surface area contributed by atoms with Gasteiger partial charge in [-0.25, -0.2) is 24.3 Å². The summed E-state index contributed by atoms with van der Waals surface area (Å²) in [7, 11) is 0. The molecule has 30 heavy (non-hydrogen) atoms. The summed E-state index contributed by atoms with van der Waals surface area (Å²) in [6.45, 7) is 0.648. The fraction of sp³-hybridized carbons (Fsp3) is 0.286. The summed E-state index contributed by atoms with van der Waals surface area (Å²) in [5.41, 5.74) is 0.409. The SMILES string of the molecule is O=C(c1cccc(F)c1-c1ncccn1)N1C[C@H]2C[C@@H](Nc3ncc(Cl)cn3)[C@@H]1C2. The molecule has 7 nitrogen and oxygen atoms in total. The molecular weight excluding hydrogens is 407 g/mol. The van der Waals surface area contributed by atoms with E-state index >= 15 is 0 Å². The van der Waals surface area contributed by atoms with Crippen LogP contribution in [0.5, 0.6) is 0 Å². The lowest BCUT2D eigenvalue weighted by atomic mass is 10.0. The van der Waals surface area contributed by atoms with Gasteiger partial charge in [-0.2, -0.15) is 0 Å². The molecule has 2 bridgehead atoms. The van der Waals surface area contributed by atoms with Gasteiger partial charge in [0.2, 0.25) is 5.95 Å². The molecule has 0 radical (unpaired) electrons. The highest BCUT2D eigenvalue weighted by molar-refractivity contribution is 6.30. The first kappa shape index (κ1) is 18.9. The van der Waals surface area contributed by atoms with Gasteiger partial charge >= 0.3 is 0 Å². The number of amides is 1. The van der Waals surface area contributed by atoms with Crippen LogP contribution < -0.4 is 5.32 Å². The van der Waals surface area contributed by atoms with Crippen molar-refractivity contribution in [3.05, 3.63) is 65.5 Å². The van der Waals surface area contributed by atoms with E-state index in [1.54, 1.807) is 18.2 Å². The predicted octanol–water partition coefficient (Wildman–Crippen LogP) is 3.44. The molecule has 2 aromatic heterocycles. The summed E-state index contributed by atoms with van der Waals surface area (Å²) in [6.07, 6.45) is 7.96. The highest BCUT2D eigenvalue weighted by atomic mass is 35.5. The Kier molecular flexibility index (Phi) is 4.78. The van der Waals surface area contributed by atoms with E-state index in [9.17, 15) is 9.18 Å². The highest BCUT2D eigenvalue weighted by Crippen LogP contribution is 2.40. The molecule has 152 valence electrons. The van der Waals surface area contributed by atoms with Crippen molar-refractivity contribution in [1.29, 1.82) is 0 Å². The van der Waals surface area contributed by atoms with E-state index < -0.39 is 5.82 Å². The monoisotopic (exact) mass is 424 g/mol. The van der Waals surface area contributed by atoms with Gasteiger partial charge in [0.15, 0.2) is 5.82 Å². The standard InChI is InChI=1S/C21H18ClFN6O/c22-13-9-26-21(27-10-13)28-16-7-12-8-17(16)29(11-12)20(30)14-3-1-4-15(23)18(14)19-24-5-2-6-25-19/h1-6,9-10,12,16-17H,7-8,11H2,(H,26,27,28)/t12-,16+,17-/m0/s1. The maximum absolute atomic E-state index is 14.7. The van der Waals surface area contributed by atoms with Gasteiger partial charge in [-0.15, -0.1) is 0 Å². The number of fused-ring (bicyclic) bond motifs is 2. The van der Waals surface area contributed by atoms with Crippen molar-refractivity contribution in [2.24, 2.45) is 5.92 Å². The zero-order valence-electron chi connectivity index (χ0n) is 15.9. The van der Waals surface area contributed by atoms with Crippen LogP contribution in [-0.2, 0) is 0 Å². The number of carbonyl (C=O) groups is 1. The van der Waals surface area contributed by atoms with Crippen molar-refractivity contribution in [2.75, 3.05) is 11.9 Å². The van der Waals surface area contributed by atoms with Crippen LogP contribution in [0.2, 0.25) is 5.02 Å². The number of hydrogen-bond acceptors (Lipinski definition) is 6. The second-order valence-electron chi connectivity index (χ2n) is 7.57. The van der Waals surface area contributed by atoms with Gasteiger partial charge < -0.3 is 10.2 Å². The third-order valence-electron chi connectivity index (χ3n) is 5.71. The molecule has 1 N–H and O–H groups in total. The van der Waals surface area contributed by atoms with Gasteiger partial charge in [-0.05, 0) is 37.0 Å². The van der Waals surface area contributed by atoms with Crippen molar-refractivity contribution in [2.45, 2.75) is 24.9 Å². The fourth-order valence-corrected chi connectivity index (χ4v) is 4.58. The molecule has 1 saturated heterocycles. The number of halogens is 2. The third kappa shape index (κ3) is 3.37. The minimum absolute atomic E-state index is 0.0189. The van der Waals surface area contributed by atoms with E-state index in [1.807, 2.05) is 4.90 Å². The van der Waals surface area contributed by atoms with E-state index in [0.717, 1.165) is 12.8 Å². The van der Waals surface area contributed by atoms with Gasteiger partial charge in [0.05, 0.1) is 34.6 Å². The molecular formula is C21H18ClFN6O. The Hall–Kier alpha value is -3.13. The second-order valence-corrected chi connectivity index (χ2v) is 8.01. The molecule has 1 aliphatic heterocycles. The van der Waals surface area contributed by atoms with Crippen molar-refractivity contribution < 1.29 is 9.18 Å². The smallest absolute Gasteiger partial charge is 0.255 e. The molecule has 3 aromatic rings. The van der Waals surface area contributed by atoms with Gasteiger partial charge in [-0.3, -0.25) is 4.79 Å². The Labute approximate surface area is 177 Å². The quantitative estimate of drug-likeness (QED) is 0.690. The number of likely N-dealkylation sites (tertiary alicyclic amines) is 1. The molecule has 3 atom stereocenters. The Morgan fingerprint density at radius 3 is 2.60 bits per heavy atom. The lowest BCUT2D eigenvalue weighted by Crippen LogP contribution is -2.48. The second kappa shape index (κ2) is 7.60. The molecule has 2 fully saturated rings. The first-order chi connectivity index (χ1) is 14.6. The average molecular weight is 425 g/mol. The number of nitrogens with zero attached hydrogens (tertiary/aromatic N) is 5. The minimum Gasteiger partial charge on any atom is -0.349 e. The van der Waals surface area contributed by atoms with E-state index in [1.165, 1.54) is 30.9 Å². The Morgan fingerprint density at radius 2 is 1.87 bits per heavy atom. The van der Waals surface area contributed by atoms with Crippen LogP contribution in [0.1, 0.15) is 23.2 Å². The summed E-state index contributed by atoms with van der Waals surface area (Å²) in [6, 6.07) is 6.16. The number of anilines is 1. The fourth-order valence-electron chi connectivity index (χ4n) is 4.48. The summed E-state index contributed by atoms with van der Waals surface area (Å²) < 4.78 is 14.7. The summed E-state index contributed by atoms with van der Waals surface area (Å²) in [5, 5.41) is 3.78. The third-order valence-corrected chi connectivity index (χ3v) is 5.91. The largest absolute Gasteiger partial charge is 0.349 e. The Balaban J connectivity index is 1.42. The summed E-state index contributed by atoms with van der Waals surface area (Å²) in [4.78, 5) is 32.0. The first-order valence-corrected chi connectivity index (χ1v) is 10.1. The normalized spacial score (nSPS) is 22.3. The number of nitrogens with one attached hydrogen (secondary N) is 1. The molecule has 0 spiro atoms. The van der Waals surface area contributed by atoms with Crippen molar-refractivity contribution in [3.63, 3.8) is 0 Å². The molecule has 5 rings (SSSR count). The van der Waals surface area contributed by atoms with Crippen LogP contribution in [0.25, 0.3) is 11.4 Å². The lowest BCUT2D eigenvalue weighted by molar-refractivity contribution is 0.0692. The average Bonchev–Trinajstić information content (AvgIpc) is 3.36. The predicted molar refractivity (Wildman–Crippen MR) is 109 cm³/mol. The number of benzene rings is 1. The number of rotatable bonds is 4. The maximum atomic E-state index is 14.7.